The first-order chi connectivity index (χ1) is 12.9. The first kappa shape index (κ1) is 22.9. The number of hydrogen-bond acceptors (Lipinski definition) is 10. The number of rotatable bonds is 8. The number of aliphatic carboxylic acids is 1. The maximum Gasteiger partial charge on any atom is 0.413 e. The van der Waals surface area contributed by atoms with E-state index in [9.17, 15) is 24.3 Å². The standard InChI is InChI=1S/C14H19BN4O8S/c1-14(2,3)25-13(24)18-12-17-6(5-28-12)9(10(21)22)19-27-7(4-8(16)20)11(23)26-15/h5,7H,4,15H2,1-3H3,(H2,16,20)(H,21,22)(H,17,18,24)/b19-9-/t7-/m0/s1. The lowest BCUT2D eigenvalue weighted by molar-refractivity contribution is -0.150. The van der Waals surface area contributed by atoms with Gasteiger partial charge in [-0.3, -0.25) is 10.1 Å². The molecule has 0 bridgehead atoms. The Morgan fingerprint density at radius 2 is 2.04 bits per heavy atom. The van der Waals surface area contributed by atoms with Crippen LogP contribution >= 0.6 is 11.3 Å². The predicted octanol–water partition coefficient (Wildman–Crippen LogP) is -0.369. The Hall–Kier alpha value is -3.16. The number of carboxylic acids is 1. The number of amides is 2. The lowest BCUT2D eigenvalue weighted by Gasteiger charge is -2.18. The summed E-state index contributed by atoms with van der Waals surface area (Å²) in [5.74, 6) is -3.35. The van der Waals surface area contributed by atoms with Gasteiger partial charge in [-0.05, 0) is 20.8 Å². The van der Waals surface area contributed by atoms with Crippen molar-refractivity contribution in [1.82, 2.24) is 4.98 Å². The van der Waals surface area contributed by atoms with E-state index in [0.717, 1.165) is 19.4 Å². The molecule has 4 N–H and O–H groups in total. The number of ether oxygens (including phenoxy) is 1. The lowest BCUT2D eigenvalue weighted by Crippen LogP contribution is -2.31. The molecule has 0 saturated carbocycles. The molecule has 0 aliphatic rings. The van der Waals surface area contributed by atoms with E-state index in [-0.39, 0.29) is 10.8 Å². The van der Waals surface area contributed by atoms with Gasteiger partial charge < -0.3 is 25.1 Å². The number of carboxylic acid groups (broad SMARTS) is 1. The first-order valence-electron chi connectivity index (χ1n) is 7.72. The van der Waals surface area contributed by atoms with E-state index < -0.39 is 47.8 Å². The molecule has 0 radical (unpaired) electrons. The Balaban J connectivity index is 2.97. The van der Waals surface area contributed by atoms with Gasteiger partial charge in [0.05, 0.1) is 6.42 Å². The zero-order valence-electron chi connectivity index (χ0n) is 15.5. The van der Waals surface area contributed by atoms with Crippen LogP contribution in [0.2, 0.25) is 0 Å². The Kier molecular flexibility index (Phi) is 7.92. The number of primary amides is 1. The van der Waals surface area contributed by atoms with Gasteiger partial charge in [-0.25, -0.2) is 19.4 Å². The third kappa shape index (κ3) is 7.61. The molecular weight excluding hydrogens is 395 g/mol. The van der Waals surface area contributed by atoms with Crippen molar-refractivity contribution in [2.45, 2.75) is 38.9 Å². The predicted molar refractivity (Wildman–Crippen MR) is 99.5 cm³/mol. The third-order valence-corrected chi connectivity index (χ3v) is 3.44. The van der Waals surface area contributed by atoms with Crippen LogP contribution in [0.15, 0.2) is 10.5 Å². The van der Waals surface area contributed by atoms with Gasteiger partial charge in [0.25, 0.3) is 0 Å². The van der Waals surface area contributed by atoms with Crippen LogP contribution in [0, 0.1) is 0 Å². The molecule has 14 heteroatoms. The normalized spacial score (nSPS) is 12.6. The second kappa shape index (κ2) is 9.69. The van der Waals surface area contributed by atoms with Gasteiger partial charge in [0.1, 0.15) is 11.3 Å². The van der Waals surface area contributed by atoms with Crippen molar-refractivity contribution in [2.75, 3.05) is 5.32 Å². The van der Waals surface area contributed by atoms with E-state index in [1.165, 1.54) is 5.38 Å². The molecule has 0 spiro atoms. The summed E-state index contributed by atoms with van der Waals surface area (Å²) < 4.78 is 9.50. The highest BCUT2D eigenvalue weighted by molar-refractivity contribution is 7.14. The number of aromatic nitrogens is 1. The molecule has 28 heavy (non-hydrogen) atoms. The van der Waals surface area contributed by atoms with E-state index in [1.807, 2.05) is 0 Å². The van der Waals surface area contributed by atoms with Crippen molar-refractivity contribution < 1.29 is 38.5 Å². The monoisotopic (exact) mass is 414 g/mol. The molecular formula is C14H19BN4O8S. The van der Waals surface area contributed by atoms with Gasteiger partial charge in [-0.15, -0.1) is 11.3 Å². The van der Waals surface area contributed by atoms with Crippen molar-refractivity contribution >= 4 is 54.2 Å². The lowest BCUT2D eigenvalue weighted by atomic mass is 10.2. The van der Waals surface area contributed by atoms with Crippen LogP contribution in [0.4, 0.5) is 9.93 Å². The number of hydrogen-bond donors (Lipinski definition) is 3. The van der Waals surface area contributed by atoms with Crippen LogP contribution in [0.1, 0.15) is 32.9 Å². The van der Waals surface area contributed by atoms with Gasteiger partial charge in [-0.1, -0.05) is 5.16 Å². The van der Waals surface area contributed by atoms with E-state index in [0.29, 0.717) is 0 Å². The van der Waals surface area contributed by atoms with Crippen molar-refractivity contribution in [3.05, 3.63) is 11.1 Å². The second-order valence-electron chi connectivity index (χ2n) is 6.20. The number of nitrogens with two attached hydrogens (primary N) is 1. The number of thiazole rings is 1. The van der Waals surface area contributed by atoms with Gasteiger partial charge in [0.2, 0.25) is 17.7 Å². The SMILES string of the molecule is BOC(=O)[C@H](CC(N)=O)O/N=C(\C(=O)O)c1csc(NC(=O)OC(C)(C)C)n1. The summed E-state index contributed by atoms with van der Waals surface area (Å²) in [7, 11) is 1.05. The van der Waals surface area contributed by atoms with E-state index >= 15 is 0 Å². The summed E-state index contributed by atoms with van der Waals surface area (Å²) in [6.45, 7) is 5.03. The first-order valence-corrected chi connectivity index (χ1v) is 8.60. The number of anilines is 1. The van der Waals surface area contributed by atoms with Gasteiger partial charge in [0.15, 0.2) is 5.13 Å². The molecule has 0 fully saturated rings. The molecule has 1 atom stereocenters. The quantitative estimate of drug-likeness (QED) is 0.291. The summed E-state index contributed by atoms with van der Waals surface area (Å²) >= 11 is 0.917. The second-order valence-corrected chi connectivity index (χ2v) is 7.06. The molecule has 1 aromatic rings. The molecule has 2 amide bonds. The van der Waals surface area contributed by atoms with Crippen molar-refractivity contribution in [3.63, 3.8) is 0 Å². The zero-order valence-corrected chi connectivity index (χ0v) is 16.4. The molecule has 152 valence electrons. The van der Waals surface area contributed by atoms with E-state index in [2.05, 4.69) is 20.1 Å². The number of nitrogens with one attached hydrogen (secondary N) is 1. The Morgan fingerprint density at radius 3 is 2.54 bits per heavy atom. The molecule has 0 aromatic carbocycles. The smallest absolute Gasteiger partial charge is 0.413 e. The van der Waals surface area contributed by atoms with Crippen molar-refractivity contribution in [2.24, 2.45) is 10.9 Å². The van der Waals surface area contributed by atoms with Gasteiger partial charge in [0, 0.05) is 5.38 Å². The maximum absolute atomic E-state index is 11.7. The fourth-order valence-corrected chi connectivity index (χ4v) is 2.30. The van der Waals surface area contributed by atoms with Crippen LogP contribution in [-0.2, 0) is 28.6 Å². The van der Waals surface area contributed by atoms with Crippen LogP contribution < -0.4 is 11.1 Å². The maximum atomic E-state index is 11.7. The Labute approximate surface area is 164 Å². The van der Waals surface area contributed by atoms with Crippen LogP contribution in [0.25, 0.3) is 0 Å². The molecule has 0 unspecified atom stereocenters. The zero-order chi connectivity index (χ0) is 21.5. The molecule has 1 aromatic heterocycles. The fraction of sp³-hybridized carbons (Fsp3) is 0.429. The molecule has 0 aliphatic carbocycles. The molecule has 12 nitrogen and oxygen atoms in total. The highest BCUT2D eigenvalue weighted by Crippen LogP contribution is 2.18. The minimum Gasteiger partial charge on any atom is -0.541 e. The third-order valence-electron chi connectivity index (χ3n) is 2.68. The van der Waals surface area contributed by atoms with Crippen LogP contribution in [0.5, 0.6) is 0 Å². The fourth-order valence-electron chi connectivity index (χ4n) is 1.62. The van der Waals surface area contributed by atoms with E-state index in [4.69, 9.17) is 15.3 Å². The number of carbonyl (C=O) groups excluding carboxylic acids is 3. The summed E-state index contributed by atoms with van der Waals surface area (Å²) in [5.41, 5.74) is 3.47. The minimum atomic E-state index is -1.52. The van der Waals surface area contributed by atoms with Crippen molar-refractivity contribution in [1.29, 1.82) is 0 Å². The Bertz CT molecular complexity index is 789. The molecule has 1 rings (SSSR count). The summed E-state index contributed by atoms with van der Waals surface area (Å²) in [4.78, 5) is 54.4. The van der Waals surface area contributed by atoms with Gasteiger partial charge in [-0.2, -0.15) is 0 Å². The van der Waals surface area contributed by atoms with Crippen LogP contribution in [0.3, 0.4) is 0 Å². The molecule has 1 heterocycles. The average Bonchev–Trinajstić information content (AvgIpc) is 2.98. The summed E-state index contributed by atoms with van der Waals surface area (Å²) in [6, 6.07) is 0. The number of oxime groups is 1. The number of carbonyl (C=O) groups is 4. The van der Waals surface area contributed by atoms with Gasteiger partial charge >= 0.3 is 26.1 Å². The topological polar surface area (TPSA) is 180 Å². The highest BCUT2D eigenvalue weighted by atomic mass is 32.1. The summed E-state index contributed by atoms with van der Waals surface area (Å²) in [5, 5.41) is 16.4. The van der Waals surface area contributed by atoms with E-state index in [1.54, 1.807) is 20.8 Å². The molecule has 0 saturated heterocycles. The highest BCUT2D eigenvalue weighted by Gasteiger charge is 2.26. The number of nitrogens with zero attached hydrogens (tertiary/aromatic N) is 2. The Morgan fingerprint density at radius 1 is 1.39 bits per heavy atom. The molecule has 0 aliphatic heterocycles. The van der Waals surface area contributed by atoms with Crippen molar-refractivity contribution in [3.8, 4) is 0 Å². The largest absolute Gasteiger partial charge is 0.541 e. The average molecular weight is 414 g/mol. The minimum absolute atomic E-state index is 0.0554. The summed E-state index contributed by atoms with van der Waals surface area (Å²) in [6.07, 6.45) is -2.86. The van der Waals surface area contributed by atoms with Crippen LogP contribution in [-0.4, -0.2) is 59.5 Å².